The second-order valence-electron chi connectivity index (χ2n) is 6.12. The van der Waals surface area contributed by atoms with Crippen molar-refractivity contribution in [3.63, 3.8) is 0 Å². The van der Waals surface area contributed by atoms with Crippen molar-refractivity contribution < 1.29 is 0 Å². The number of aryl methyl sites for hydroxylation is 3. The zero-order valence-electron chi connectivity index (χ0n) is 12.7. The molecule has 2 aromatic carbocycles. The Morgan fingerprint density at radius 3 is 2.60 bits per heavy atom. The fourth-order valence-electron chi connectivity index (χ4n) is 3.15. The molecule has 0 aliphatic carbocycles. The minimum Gasteiger partial charge on any atom is -0.382 e. The Morgan fingerprint density at radius 1 is 1.10 bits per heavy atom. The lowest BCUT2D eigenvalue weighted by Gasteiger charge is -2.24. The van der Waals surface area contributed by atoms with Crippen LogP contribution in [0.3, 0.4) is 0 Å². The van der Waals surface area contributed by atoms with Gasteiger partial charge in [-0.2, -0.15) is 0 Å². The molecule has 0 saturated heterocycles. The SMILES string of the molecule is Cc1cccc(C)c1Cc1ccc2c(c1)CCC(C)N2. The zero-order valence-corrected chi connectivity index (χ0v) is 12.7. The highest BCUT2D eigenvalue weighted by atomic mass is 14.9. The van der Waals surface area contributed by atoms with Crippen molar-refractivity contribution in [2.75, 3.05) is 5.32 Å². The Hall–Kier alpha value is -1.76. The van der Waals surface area contributed by atoms with Crippen molar-refractivity contribution in [3.05, 3.63) is 64.2 Å². The molecule has 0 saturated carbocycles. The molecule has 3 rings (SSSR count). The van der Waals surface area contributed by atoms with Crippen molar-refractivity contribution in [3.8, 4) is 0 Å². The molecule has 2 aromatic rings. The number of hydrogen-bond donors (Lipinski definition) is 1. The summed E-state index contributed by atoms with van der Waals surface area (Å²) in [5, 5.41) is 3.57. The molecule has 1 heteroatoms. The van der Waals surface area contributed by atoms with Crippen molar-refractivity contribution in [2.24, 2.45) is 0 Å². The number of benzene rings is 2. The van der Waals surface area contributed by atoms with Gasteiger partial charge >= 0.3 is 0 Å². The molecule has 20 heavy (non-hydrogen) atoms. The van der Waals surface area contributed by atoms with Gasteiger partial charge in [-0.3, -0.25) is 0 Å². The Morgan fingerprint density at radius 2 is 1.85 bits per heavy atom. The van der Waals surface area contributed by atoms with E-state index in [4.69, 9.17) is 0 Å². The average Bonchev–Trinajstić information content (AvgIpc) is 2.43. The van der Waals surface area contributed by atoms with Crippen molar-refractivity contribution in [1.29, 1.82) is 0 Å². The van der Waals surface area contributed by atoms with Crippen LogP contribution in [0.1, 0.15) is 41.2 Å². The molecule has 1 unspecified atom stereocenters. The first kappa shape index (κ1) is 13.2. The molecule has 1 nitrogen and oxygen atoms in total. The first-order chi connectivity index (χ1) is 9.63. The number of anilines is 1. The van der Waals surface area contributed by atoms with Gasteiger partial charge in [-0.05, 0) is 73.9 Å². The van der Waals surface area contributed by atoms with E-state index < -0.39 is 0 Å². The fourth-order valence-corrected chi connectivity index (χ4v) is 3.15. The smallest absolute Gasteiger partial charge is 0.0374 e. The summed E-state index contributed by atoms with van der Waals surface area (Å²) in [6.07, 6.45) is 3.48. The molecule has 1 heterocycles. The standard InChI is InChI=1S/C19H23N/c1-13-5-4-6-14(2)18(13)12-16-8-10-19-17(11-16)9-7-15(3)20-19/h4-6,8,10-11,15,20H,7,9,12H2,1-3H3. The van der Waals surface area contributed by atoms with Gasteiger partial charge in [-0.25, -0.2) is 0 Å². The normalized spacial score (nSPS) is 17.4. The van der Waals surface area contributed by atoms with Gasteiger partial charge in [0.25, 0.3) is 0 Å². The van der Waals surface area contributed by atoms with E-state index in [-0.39, 0.29) is 0 Å². The monoisotopic (exact) mass is 265 g/mol. The number of fused-ring (bicyclic) bond motifs is 1. The largest absolute Gasteiger partial charge is 0.382 e. The third-order valence-corrected chi connectivity index (χ3v) is 4.44. The molecule has 1 aliphatic heterocycles. The van der Waals surface area contributed by atoms with E-state index in [1.165, 1.54) is 46.3 Å². The maximum atomic E-state index is 3.57. The molecule has 104 valence electrons. The quantitative estimate of drug-likeness (QED) is 0.834. The van der Waals surface area contributed by atoms with Crippen LogP contribution in [0.25, 0.3) is 0 Å². The highest BCUT2D eigenvalue weighted by Crippen LogP contribution is 2.27. The second-order valence-corrected chi connectivity index (χ2v) is 6.12. The van der Waals surface area contributed by atoms with E-state index >= 15 is 0 Å². The Bertz CT molecular complexity index is 607. The summed E-state index contributed by atoms with van der Waals surface area (Å²) in [6, 6.07) is 14.1. The molecule has 1 N–H and O–H groups in total. The molecule has 0 spiro atoms. The average molecular weight is 265 g/mol. The van der Waals surface area contributed by atoms with Crippen LogP contribution in [0.15, 0.2) is 36.4 Å². The van der Waals surface area contributed by atoms with Gasteiger partial charge in [-0.1, -0.05) is 30.3 Å². The van der Waals surface area contributed by atoms with Crippen LogP contribution in [0.4, 0.5) is 5.69 Å². The third-order valence-electron chi connectivity index (χ3n) is 4.44. The molecule has 1 atom stereocenters. The minimum atomic E-state index is 0.604. The van der Waals surface area contributed by atoms with E-state index in [1.807, 2.05) is 0 Å². The molecule has 0 bridgehead atoms. The van der Waals surface area contributed by atoms with Crippen molar-refractivity contribution in [1.82, 2.24) is 0 Å². The first-order valence-corrected chi connectivity index (χ1v) is 7.57. The Kier molecular flexibility index (Phi) is 3.52. The molecule has 0 fully saturated rings. The van der Waals surface area contributed by atoms with Gasteiger partial charge in [0, 0.05) is 11.7 Å². The van der Waals surface area contributed by atoms with E-state index in [1.54, 1.807) is 0 Å². The first-order valence-electron chi connectivity index (χ1n) is 7.57. The predicted octanol–water partition coefficient (Wildman–Crippen LogP) is 4.64. The van der Waals surface area contributed by atoms with Gasteiger partial charge < -0.3 is 5.32 Å². The summed E-state index contributed by atoms with van der Waals surface area (Å²) < 4.78 is 0. The summed E-state index contributed by atoms with van der Waals surface area (Å²) in [5.41, 5.74) is 8.51. The van der Waals surface area contributed by atoms with Crippen LogP contribution in [0, 0.1) is 13.8 Å². The van der Waals surface area contributed by atoms with Crippen LogP contribution in [-0.2, 0) is 12.8 Å². The lowest BCUT2D eigenvalue weighted by atomic mass is 9.92. The number of hydrogen-bond acceptors (Lipinski definition) is 1. The lowest BCUT2D eigenvalue weighted by Crippen LogP contribution is -2.21. The van der Waals surface area contributed by atoms with Crippen LogP contribution in [0.2, 0.25) is 0 Å². The topological polar surface area (TPSA) is 12.0 Å². The van der Waals surface area contributed by atoms with Crippen LogP contribution in [-0.4, -0.2) is 6.04 Å². The summed E-state index contributed by atoms with van der Waals surface area (Å²) in [5.74, 6) is 0. The molecule has 0 radical (unpaired) electrons. The van der Waals surface area contributed by atoms with Gasteiger partial charge in [-0.15, -0.1) is 0 Å². The number of nitrogens with one attached hydrogen (secondary N) is 1. The summed E-state index contributed by atoms with van der Waals surface area (Å²) in [4.78, 5) is 0. The van der Waals surface area contributed by atoms with Crippen molar-refractivity contribution in [2.45, 2.75) is 46.1 Å². The maximum absolute atomic E-state index is 3.57. The highest BCUT2D eigenvalue weighted by molar-refractivity contribution is 5.56. The molecule has 0 amide bonds. The molecule has 0 aromatic heterocycles. The Balaban J connectivity index is 1.89. The molecule has 1 aliphatic rings. The highest BCUT2D eigenvalue weighted by Gasteiger charge is 2.14. The summed E-state index contributed by atoms with van der Waals surface area (Å²) >= 11 is 0. The van der Waals surface area contributed by atoms with E-state index in [9.17, 15) is 0 Å². The lowest BCUT2D eigenvalue weighted by molar-refractivity contribution is 0.680. The van der Waals surface area contributed by atoms with E-state index in [0.717, 1.165) is 6.42 Å². The van der Waals surface area contributed by atoms with Crippen molar-refractivity contribution >= 4 is 5.69 Å². The van der Waals surface area contributed by atoms with E-state index in [0.29, 0.717) is 6.04 Å². The van der Waals surface area contributed by atoms with Gasteiger partial charge in [0.05, 0.1) is 0 Å². The maximum Gasteiger partial charge on any atom is 0.0374 e. The zero-order chi connectivity index (χ0) is 14.1. The third kappa shape index (κ3) is 2.58. The summed E-state index contributed by atoms with van der Waals surface area (Å²) in [7, 11) is 0. The minimum absolute atomic E-state index is 0.604. The van der Waals surface area contributed by atoms with Crippen LogP contribution < -0.4 is 5.32 Å². The molecular formula is C19H23N. The van der Waals surface area contributed by atoms with Gasteiger partial charge in [0.15, 0.2) is 0 Å². The van der Waals surface area contributed by atoms with Crippen LogP contribution >= 0.6 is 0 Å². The van der Waals surface area contributed by atoms with Crippen LogP contribution in [0.5, 0.6) is 0 Å². The fraction of sp³-hybridized carbons (Fsp3) is 0.368. The predicted molar refractivity (Wildman–Crippen MR) is 86.6 cm³/mol. The van der Waals surface area contributed by atoms with Gasteiger partial charge in [0.1, 0.15) is 0 Å². The van der Waals surface area contributed by atoms with E-state index in [2.05, 4.69) is 62.5 Å². The van der Waals surface area contributed by atoms with Gasteiger partial charge in [0.2, 0.25) is 0 Å². The summed E-state index contributed by atoms with van der Waals surface area (Å²) in [6.45, 7) is 6.68. The molecular weight excluding hydrogens is 242 g/mol. The Labute approximate surface area is 122 Å². The second kappa shape index (κ2) is 5.32. The number of rotatable bonds is 2.